The molecule has 0 radical (unpaired) electrons. The molecule has 1 heterocycles. The van der Waals surface area contributed by atoms with Crippen LogP contribution in [0.2, 0.25) is 5.02 Å². The zero-order chi connectivity index (χ0) is 21.7. The summed E-state index contributed by atoms with van der Waals surface area (Å²) in [6.07, 6.45) is 0. The van der Waals surface area contributed by atoms with E-state index in [0.29, 0.717) is 26.4 Å². The summed E-state index contributed by atoms with van der Waals surface area (Å²) in [5, 5.41) is 4.15. The van der Waals surface area contributed by atoms with Crippen molar-refractivity contribution in [1.29, 1.82) is 0 Å². The van der Waals surface area contributed by atoms with Crippen molar-refractivity contribution in [2.45, 2.75) is 25.0 Å². The monoisotopic (exact) mass is 465 g/mol. The highest BCUT2D eigenvalue weighted by Crippen LogP contribution is 2.21. The molecule has 7 nitrogen and oxygen atoms in total. The van der Waals surface area contributed by atoms with Crippen molar-refractivity contribution < 1.29 is 17.9 Å². The Morgan fingerprint density at radius 2 is 1.80 bits per heavy atom. The molecule has 10 heteroatoms. The van der Waals surface area contributed by atoms with E-state index in [1.807, 2.05) is 0 Å². The Morgan fingerprint density at radius 1 is 1.13 bits per heavy atom. The van der Waals surface area contributed by atoms with Gasteiger partial charge in [-0.25, -0.2) is 18.1 Å². The van der Waals surface area contributed by atoms with Gasteiger partial charge in [-0.05, 0) is 55.9 Å². The smallest absolute Gasteiger partial charge is 0.263 e. The van der Waals surface area contributed by atoms with Crippen LogP contribution in [-0.2, 0) is 23.2 Å². The summed E-state index contributed by atoms with van der Waals surface area (Å²) in [5.74, 6) is 0.427. The number of rotatable bonds is 8. The van der Waals surface area contributed by atoms with Crippen LogP contribution in [0, 0.1) is 6.92 Å². The van der Waals surface area contributed by atoms with Crippen molar-refractivity contribution in [1.82, 2.24) is 15.0 Å². The number of nitrogens with zero attached hydrogens (tertiary/aromatic N) is 1. The van der Waals surface area contributed by atoms with Gasteiger partial charge in [0, 0.05) is 11.6 Å². The summed E-state index contributed by atoms with van der Waals surface area (Å²) >= 11 is 7.13. The van der Waals surface area contributed by atoms with Gasteiger partial charge in [0.15, 0.2) is 0 Å². The maximum Gasteiger partial charge on any atom is 0.263 e. The molecule has 0 aliphatic carbocycles. The molecule has 0 saturated carbocycles. The van der Waals surface area contributed by atoms with Crippen LogP contribution in [0.4, 0.5) is 0 Å². The van der Waals surface area contributed by atoms with E-state index in [4.69, 9.17) is 16.3 Å². The Bertz CT molecular complexity index is 1130. The minimum Gasteiger partial charge on any atom is -0.486 e. The minimum absolute atomic E-state index is 0.170. The molecule has 2 aromatic carbocycles. The molecule has 30 heavy (non-hydrogen) atoms. The van der Waals surface area contributed by atoms with E-state index in [1.54, 1.807) is 43.3 Å². The third kappa shape index (κ3) is 5.57. The molecule has 158 valence electrons. The van der Waals surface area contributed by atoms with Crippen LogP contribution < -0.4 is 14.8 Å². The number of ether oxygens (including phenoxy) is 1. The summed E-state index contributed by atoms with van der Waals surface area (Å²) in [6.45, 7) is 2.29. The van der Waals surface area contributed by atoms with E-state index in [9.17, 15) is 13.2 Å². The van der Waals surface area contributed by atoms with Crippen LogP contribution in [0.5, 0.6) is 5.75 Å². The Morgan fingerprint density at radius 3 is 2.43 bits per heavy atom. The SMILES string of the molecule is CNS(=O)(=O)c1ccc(CNC(=O)c2sc(COc3ccc(Cl)cc3)nc2C)cc1. The lowest BCUT2D eigenvalue weighted by Gasteiger charge is -2.06. The maximum atomic E-state index is 12.5. The lowest BCUT2D eigenvalue weighted by Crippen LogP contribution is -2.22. The number of amides is 1. The molecule has 0 bridgehead atoms. The van der Waals surface area contributed by atoms with Crippen molar-refractivity contribution in [3.63, 3.8) is 0 Å². The van der Waals surface area contributed by atoms with Crippen molar-refractivity contribution in [3.8, 4) is 5.75 Å². The normalized spacial score (nSPS) is 11.3. The zero-order valence-corrected chi connectivity index (χ0v) is 18.7. The van der Waals surface area contributed by atoms with Crippen molar-refractivity contribution in [3.05, 3.63) is 74.7 Å². The summed E-state index contributed by atoms with van der Waals surface area (Å²) in [7, 11) is -2.13. The first-order valence-corrected chi connectivity index (χ1v) is 11.6. The first-order chi connectivity index (χ1) is 14.3. The molecule has 0 aliphatic heterocycles. The van der Waals surface area contributed by atoms with E-state index in [1.165, 1.54) is 30.5 Å². The third-order valence-corrected chi connectivity index (χ3v) is 6.99. The molecule has 0 saturated heterocycles. The Hall–Kier alpha value is -2.46. The molecule has 3 aromatic rings. The minimum atomic E-state index is -3.48. The number of nitrogens with one attached hydrogen (secondary N) is 2. The Kier molecular flexibility index (Phi) is 7.09. The number of aryl methyl sites for hydroxylation is 1. The topological polar surface area (TPSA) is 97.4 Å². The van der Waals surface area contributed by atoms with E-state index in [-0.39, 0.29) is 24.0 Å². The number of hydrogen-bond donors (Lipinski definition) is 2. The van der Waals surface area contributed by atoms with Crippen LogP contribution in [-0.4, -0.2) is 26.4 Å². The van der Waals surface area contributed by atoms with E-state index < -0.39 is 10.0 Å². The average molecular weight is 466 g/mol. The second-order valence-electron chi connectivity index (χ2n) is 6.30. The molecule has 0 aliphatic rings. The second-order valence-corrected chi connectivity index (χ2v) is 9.71. The fourth-order valence-electron chi connectivity index (χ4n) is 2.57. The number of carbonyl (C=O) groups excluding carboxylic acids is 1. The maximum absolute atomic E-state index is 12.5. The summed E-state index contributed by atoms with van der Waals surface area (Å²) in [5.41, 5.74) is 1.41. The molecule has 3 rings (SSSR count). The van der Waals surface area contributed by atoms with Crippen molar-refractivity contribution in [2.75, 3.05) is 7.05 Å². The quantitative estimate of drug-likeness (QED) is 0.530. The van der Waals surface area contributed by atoms with Gasteiger partial charge in [0.25, 0.3) is 5.91 Å². The van der Waals surface area contributed by atoms with E-state index in [0.717, 1.165) is 5.56 Å². The molecule has 2 N–H and O–H groups in total. The largest absolute Gasteiger partial charge is 0.486 e. The number of carbonyl (C=O) groups is 1. The van der Waals surface area contributed by atoms with Gasteiger partial charge in [-0.3, -0.25) is 4.79 Å². The number of aromatic nitrogens is 1. The highest BCUT2D eigenvalue weighted by atomic mass is 35.5. The summed E-state index contributed by atoms with van der Waals surface area (Å²) in [6, 6.07) is 13.3. The number of benzene rings is 2. The predicted octanol–water partition coefficient (Wildman–Crippen LogP) is 3.52. The lowest BCUT2D eigenvalue weighted by molar-refractivity contribution is 0.0954. The van der Waals surface area contributed by atoms with Crippen molar-refractivity contribution >= 4 is 38.9 Å². The molecule has 0 atom stereocenters. The molecular formula is C20H20ClN3O4S2. The van der Waals surface area contributed by atoms with Crippen LogP contribution in [0.3, 0.4) is 0 Å². The molecule has 0 spiro atoms. The Labute approximate surface area is 184 Å². The highest BCUT2D eigenvalue weighted by Gasteiger charge is 2.16. The fraction of sp³-hybridized carbons (Fsp3) is 0.200. The summed E-state index contributed by atoms with van der Waals surface area (Å²) in [4.78, 5) is 17.6. The van der Waals surface area contributed by atoms with Gasteiger partial charge in [0.2, 0.25) is 10.0 Å². The molecular weight excluding hydrogens is 446 g/mol. The predicted molar refractivity (Wildman–Crippen MR) is 116 cm³/mol. The number of thiazole rings is 1. The van der Waals surface area contributed by atoms with Gasteiger partial charge in [-0.1, -0.05) is 23.7 Å². The number of halogens is 1. The van der Waals surface area contributed by atoms with Gasteiger partial charge < -0.3 is 10.1 Å². The fourth-order valence-corrected chi connectivity index (χ4v) is 4.32. The van der Waals surface area contributed by atoms with E-state index >= 15 is 0 Å². The average Bonchev–Trinajstić information content (AvgIpc) is 3.12. The first-order valence-electron chi connectivity index (χ1n) is 8.94. The van der Waals surface area contributed by atoms with Crippen LogP contribution in [0.25, 0.3) is 0 Å². The highest BCUT2D eigenvalue weighted by molar-refractivity contribution is 7.89. The molecule has 0 fully saturated rings. The lowest BCUT2D eigenvalue weighted by atomic mass is 10.2. The van der Waals surface area contributed by atoms with Gasteiger partial charge in [0.1, 0.15) is 22.2 Å². The van der Waals surface area contributed by atoms with E-state index in [2.05, 4.69) is 15.0 Å². The standard InChI is InChI=1S/C20H20ClN3O4S2/c1-13-19(29-18(24-13)12-28-16-7-5-15(21)6-8-16)20(25)23-11-14-3-9-17(10-4-14)30(26,27)22-2/h3-10,22H,11-12H2,1-2H3,(H,23,25). The van der Waals surface area contributed by atoms with Crippen LogP contribution >= 0.6 is 22.9 Å². The van der Waals surface area contributed by atoms with Crippen molar-refractivity contribution in [2.24, 2.45) is 0 Å². The number of hydrogen-bond acceptors (Lipinski definition) is 6. The van der Waals surface area contributed by atoms with Crippen LogP contribution in [0.15, 0.2) is 53.4 Å². The van der Waals surface area contributed by atoms with Gasteiger partial charge in [-0.2, -0.15) is 0 Å². The zero-order valence-electron chi connectivity index (χ0n) is 16.3. The van der Waals surface area contributed by atoms with Gasteiger partial charge in [0.05, 0.1) is 10.6 Å². The Balaban J connectivity index is 1.58. The molecule has 1 amide bonds. The third-order valence-electron chi connectivity index (χ3n) is 4.18. The summed E-state index contributed by atoms with van der Waals surface area (Å²) < 4.78 is 31.5. The molecule has 0 unspecified atom stereocenters. The first kappa shape index (κ1) is 22.2. The number of sulfonamides is 1. The van der Waals surface area contributed by atoms with Crippen LogP contribution in [0.1, 0.15) is 25.9 Å². The van der Waals surface area contributed by atoms with Gasteiger partial charge in [-0.15, -0.1) is 11.3 Å². The second kappa shape index (κ2) is 9.57. The van der Waals surface area contributed by atoms with Gasteiger partial charge >= 0.3 is 0 Å². The molecule has 1 aromatic heterocycles.